The maximum atomic E-state index is 13.5. The van der Waals surface area contributed by atoms with Crippen molar-refractivity contribution in [3.05, 3.63) is 71.2 Å². The van der Waals surface area contributed by atoms with Crippen molar-refractivity contribution in [1.29, 1.82) is 0 Å². The van der Waals surface area contributed by atoms with E-state index in [1.54, 1.807) is 30.0 Å². The number of aliphatic hydroxyl groups excluding tert-OH is 2. The summed E-state index contributed by atoms with van der Waals surface area (Å²) in [5, 5.41) is 32.6. The number of benzene rings is 1. The number of nitrogens with one attached hydrogen (secondary N) is 1. The molecule has 0 heterocycles. The van der Waals surface area contributed by atoms with Crippen LogP contribution in [0.4, 0.5) is 5.69 Å². The number of hydrogen-bond donors (Lipinski definition) is 4. The molecular weight excluding hydrogens is 456 g/mol. The van der Waals surface area contributed by atoms with Gasteiger partial charge in [-0.3, -0.25) is 4.79 Å². The number of aliphatic hydroxyl groups is 2. The normalized spacial score (nSPS) is 12.4. The Balaban J connectivity index is 3.09. The van der Waals surface area contributed by atoms with E-state index < -0.39 is 0 Å². The van der Waals surface area contributed by atoms with Gasteiger partial charge in [-0.25, -0.2) is 0 Å². The van der Waals surface area contributed by atoms with Crippen LogP contribution in [0.2, 0.25) is 0 Å². The Morgan fingerprint density at radius 2 is 1.69 bits per heavy atom. The molecule has 198 valence electrons. The summed E-state index contributed by atoms with van der Waals surface area (Å²) in [6, 6.07) is 4.67. The number of amides is 1. The Bertz CT molecular complexity index is 991. The van der Waals surface area contributed by atoms with Gasteiger partial charge in [-0.2, -0.15) is 0 Å². The fraction of sp³-hybridized carbons (Fsp3) is 0.448. The molecule has 0 spiro atoms. The minimum atomic E-state index is -0.316. The van der Waals surface area contributed by atoms with Gasteiger partial charge < -0.3 is 30.3 Å². The van der Waals surface area contributed by atoms with Crippen LogP contribution in [0.1, 0.15) is 76.6 Å². The number of nitrogens with zero attached hydrogens (tertiary/aromatic N) is 1. The number of Topliss-reactive ketones (excluding diaryl/α,β-unsaturated/α-hetero) is 1. The van der Waals surface area contributed by atoms with Crippen molar-refractivity contribution in [2.75, 3.05) is 25.0 Å². The molecule has 4 N–H and O–H groups in total. The number of phenolic OH excluding ortho intramolecular Hbond substituents is 1. The molecule has 0 aliphatic heterocycles. The smallest absolute Gasteiger partial charge is 0.256 e. The standard InChI is InChI=1S/C29H42N2O5/c1-6-24(11-8-10-21(3)14-15-22(4)32)16-18-31(19-17-25(34)7-2)29(36)26-12-9-13-27(35)28(26)30-20-23(5)33/h9-10,12-13,16-17,30,33-35H,5-8,11,14-15,18-20H2,1-4H3/b21-10+,24-16+,25-17+. The van der Waals surface area contributed by atoms with Crippen molar-refractivity contribution in [2.45, 2.75) is 66.2 Å². The molecule has 7 nitrogen and oxygen atoms in total. The number of rotatable bonds is 16. The molecule has 0 aromatic heterocycles. The lowest BCUT2D eigenvalue weighted by atomic mass is 10.0. The molecule has 0 fully saturated rings. The summed E-state index contributed by atoms with van der Waals surface area (Å²) < 4.78 is 0. The van der Waals surface area contributed by atoms with Gasteiger partial charge in [0, 0.05) is 25.9 Å². The van der Waals surface area contributed by atoms with Crippen molar-refractivity contribution in [3.8, 4) is 5.75 Å². The highest BCUT2D eigenvalue weighted by atomic mass is 16.3. The Kier molecular flexibility index (Phi) is 13.8. The van der Waals surface area contributed by atoms with E-state index in [1.807, 2.05) is 19.9 Å². The van der Waals surface area contributed by atoms with E-state index in [1.165, 1.54) is 17.2 Å². The number of phenols is 1. The summed E-state index contributed by atoms with van der Waals surface area (Å²) in [7, 11) is 0. The van der Waals surface area contributed by atoms with E-state index in [2.05, 4.69) is 24.9 Å². The SMILES string of the molecule is C=C(O)CNc1c(O)cccc1C(=O)N(C/C=C(/O)CC)C/C=C(\CC)CC/C=C(\C)CCC(C)=O. The predicted octanol–water partition coefficient (Wildman–Crippen LogP) is 6.60. The van der Waals surface area contributed by atoms with Crippen LogP contribution in [0.5, 0.6) is 5.75 Å². The number of carbonyl (C=O) groups is 2. The average Bonchev–Trinajstić information content (AvgIpc) is 2.84. The van der Waals surface area contributed by atoms with E-state index in [0.29, 0.717) is 19.4 Å². The van der Waals surface area contributed by atoms with Crippen LogP contribution in [-0.2, 0) is 4.79 Å². The van der Waals surface area contributed by atoms with Gasteiger partial charge >= 0.3 is 0 Å². The van der Waals surface area contributed by atoms with Crippen molar-refractivity contribution in [2.24, 2.45) is 0 Å². The summed E-state index contributed by atoms with van der Waals surface area (Å²) in [5.41, 5.74) is 2.89. The van der Waals surface area contributed by atoms with Crippen LogP contribution >= 0.6 is 0 Å². The number of anilines is 1. The van der Waals surface area contributed by atoms with Crippen molar-refractivity contribution < 1.29 is 24.9 Å². The third kappa shape index (κ3) is 11.3. The largest absolute Gasteiger partial charge is 0.513 e. The number of ketones is 1. The van der Waals surface area contributed by atoms with Crippen LogP contribution < -0.4 is 5.32 Å². The first-order chi connectivity index (χ1) is 17.1. The molecule has 0 aliphatic rings. The van der Waals surface area contributed by atoms with Gasteiger partial charge in [-0.05, 0) is 57.7 Å². The first-order valence-electron chi connectivity index (χ1n) is 12.5. The van der Waals surface area contributed by atoms with Crippen LogP contribution in [0.15, 0.2) is 65.7 Å². The molecule has 0 unspecified atom stereocenters. The number of aromatic hydroxyl groups is 1. The fourth-order valence-corrected chi connectivity index (χ4v) is 3.51. The van der Waals surface area contributed by atoms with Crippen molar-refractivity contribution in [3.63, 3.8) is 0 Å². The zero-order chi connectivity index (χ0) is 27.1. The Hall–Kier alpha value is -3.48. The Morgan fingerprint density at radius 1 is 1.00 bits per heavy atom. The first-order valence-corrected chi connectivity index (χ1v) is 12.5. The van der Waals surface area contributed by atoms with Crippen LogP contribution in [-0.4, -0.2) is 51.5 Å². The van der Waals surface area contributed by atoms with Crippen LogP contribution in [0.3, 0.4) is 0 Å². The highest BCUT2D eigenvalue weighted by Gasteiger charge is 2.20. The molecule has 0 saturated heterocycles. The molecule has 1 aromatic rings. The lowest BCUT2D eigenvalue weighted by Crippen LogP contribution is -2.32. The second-order valence-corrected chi connectivity index (χ2v) is 8.89. The average molecular weight is 499 g/mol. The lowest BCUT2D eigenvalue weighted by molar-refractivity contribution is -0.116. The monoisotopic (exact) mass is 498 g/mol. The first kappa shape index (κ1) is 30.6. The van der Waals surface area contributed by atoms with Crippen molar-refractivity contribution in [1.82, 2.24) is 4.90 Å². The van der Waals surface area contributed by atoms with Crippen molar-refractivity contribution >= 4 is 17.4 Å². The van der Waals surface area contributed by atoms with Gasteiger partial charge in [0.1, 0.15) is 17.3 Å². The topological polar surface area (TPSA) is 110 Å². The minimum absolute atomic E-state index is 0.00633. The van der Waals surface area contributed by atoms with Crippen LogP contribution in [0, 0.1) is 0 Å². The molecule has 1 amide bonds. The van der Waals surface area contributed by atoms with E-state index >= 15 is 0 Å². The molecule has 0 saturated carbocycles. The third-order valence-electron chi connectivity index (χ3n) is 5.82. The summed E-state index contributed by atoms with van der Waals surface area (Å²) in [5.74, 6) is -0.152. The van der Waals surface area contributed by atoms with E-state index in [9.17, 15) is 24.9 Å². The maximum absolute atomic E-state index is 13.5. The molecule has 7 heteroatoms. The molecule has 0 radical (unpaired) electrons. The number of allylic oxidation sites excluding steroid dienone is 4. The van der Waals surface area contributed by atoms with E-state index in [0.717, 1.165) is 25.7 Å². The fourth-order valence-electron chi connectivity index (χ4n) is 3.51. The summed E-state index contributed by atoms with van der Waals surface area (Å²) >= 11 is 0. The minimum Gasteiger partial charge on any atom is -0.513 e. The molecule has 36 heavy (non-hydrogen) atoms. The predicted molar refractivity (Wildman–Crippen MR) is 147 cm³/mol. The summed E-state index contributed by atoms with van der Waals surface area (Å²) in [6.07, 6.45) is 10.2. The Morgan fingerprint density at radius 3 is 2.31 bits per heavy atom. The lowest BCUT2D eigenvalue weighted by Gasteiger charge is -2.23. The molecule has 0 atom stereocenters. The molecule has 1 aromatic carbocycles. The maximum Gasteiger partial charge on any atom is 0.256 e. The summed E-state index contributed by atoms with van der Waals surface area (Å²) in [6.45, 7) is 11.5. The third-order valence-corrected chi connectivity index (χ3v) is 5.82. The van der Waals surface area contributed by atoms with Gasteiger partial charge in [0.05, 0.1) is 23.6 Å². The molecule has 0 bridgehead atoms. The quantitative estimate of drug-likeness (QED) is 0.116. The number of hydrogen-bond acceptors (Lipinski definition) is 6. The van der Waals surface area contributed by atoms with Gasteiger partial charge in [0.2, 0.25) is 0 Å². The molecule has 0 aliphatic carbocycles. The van der Waals surface area contributed by atoms with Gasteiger partial charge in [-0.15, -0.1) is 0 Å². The zero-order valence-corrected chi connectivity index (χ0v) is 22.1. The number of carbonyl (C=O) groups excluding carboxylic acids is 2. The highest BCUT2D eigenvalue weighted by Crippen LogP contribution is 2.28. The number of para-hydroxylation sites is 1. The van der Waals surface area contributed by atoms with Gasteiger partial charge in [0.25, 0.3) is 5.91 Å². The Labute approximate surface area is 215 Å². The second-order valence-electron chi connectivity index (χ2n) is 8.89. The summed E-state index contributed by atoms with van der Waals surface area (Å²) in [4.78, 5) is 26.3. The molecule has 1 rings (SSSR count). The van der Waals surface area contributed by atoms with Gasteiger partial charge in [-0.1, -0.05) is 49.8 Å². The van der Waals surface area contributed by atoms with Gasteiger partial charge in [0.15, 0.2) is 0 Å². The zero-order valence-electron chi connectivity index (χ0n) is 22.1. The molecular formula is C29H42N2O5. The second kappa shape index (κ2) is 16.2. The van der Waals surface area contributed by atoms with Crippen LogP contribution in [0.25, 0.3) is 0 Å². The highest BCUT2D eigenvalue weighted by molar-refractivity contribution is 6.01. The van der Waals surface area contributed by atoms with E-state index in [-0.39, 0.29) is 53.3 Å². The van der Waals surface area contributed by atoms with E-state index in [4.69, 9.17) is 0 Å².